The van der Waals surface area contributed by atoms with E-state index in [4.69, 9.17) is 4.74 Å². The van der Waals surface area contributed by atoms with Crippen LogP contribution in [-0.2, 0) is 11.2 Å². The molecule has 0 spiro atoms. The second kappa shape index (κ2) is 9.08. The largest absolute Gasteiger partial charge is 0.467 e. The van der Waals surface area contributed by atoms with Crippen LogP contribution in [0.15, 0.2) is 43.0 Å². The highest BCUT2D eigenvalue weighted by molar-refractivity contribution is 5.94. The lowest BCUT2D eigenvalue weighted by Crippen LogP contribution is -2.24. The number of likely N-dealkylation sites (N-methyl/N-ethyl adjacent to an activating group) is 1. The van der Waals surface area contributed by atoms with E-state index in [9.17, 15) is 4.79 Å². The van der Waals surface area contributed by atoms with E-state index in [0.29, 0.717) is 29.7 Å². The number of imidazole rings is 1. The molecule has 0 aliphatic carbocycles. The number of ether oxygens (including phenoxy) is 1. The third-order valence-corrected chi connectivity index (χ3v) is 4.29. The SMILES string of the molecule is C.CCNC(=O)Cc1nc2c(-c3ncccn3)cc(-c3cnc(OC)nc3)cc2[nH]1. The van der Waals surface area contributed by atoms with Crippen LogP contribution in [0.2, 0.25) is 0 Å². The normalized spacial score (nSPS) is 10.5. The minimum absolute atomic E-state index is 0. The quantitative estimate of drug-likeness (QED) is 0.506. The lowest BCUT2D eigenvalue weighted by molar-refractivity contribution is -0.120. The predicted octanol–water partition coefficient (Wildman–Crippen LogP) is 2.80. The Balaban J connectivity index is 0.00000256. The van der Waals surface area contributed by atoms with Crippen molar-refractivity contribution in [2.45, 2.75) is 20.8 Å². The first-order chi connectivity index (χ1) is 14.2. The predicted molar refractivity (Wildman–Crippen MR) is 114 cm³/mol. The molecule has 3 aromatic heterocycles. The Bertz CT molecular complexity index is 1140. The lowest BCUT2D eigenvalue weighted by Gasteiger charge is -2.06. The molecule has 9 nitrogen and oxygen atoms in total. The summed E-state index contributed by atoms with van der Waals surface area (Å²) in [6, 6.07) is 5.94. The maximum absolute atomic E-state index is 12.0. The number of fused-ring (bicyclic) bond motifs is 1. The summed E-state index contributed by atoms with van der Waals surface area (Å²) in [5.74, 6) is 1.03. The number of amides is 1. The van der Waals surface area contributed by atoms with Crippen LogP contribution >= 0.6 is 0 Å². The summed E-state index contributed by atoms with van der Waals surface area (Å²) in [6.45, 7) is 2.45. The van der Waals surface area contributed by atoms with E-state index >= 15 is 0 Å². The fourth-order valence-corrected chi connectivity index (χ4v) is 3.01. The van der Waals surface area contributed by atoms with Gasteiger partial charge in [-0.15, -0.1) is 0 Å². The van der Waals surface area contributed by atoms with Gasteiger partial charge in [-0.3, -0.25) is 4.79 Å². The number of hydrogen-bond donors (Lipinski definition) is 2. The summed E-state index contributed by atoms with van der Waals surface area (Å²) in [6.07, 6.45) is 6.90. The van der Waals surface area contributed by atoms with Gasteiger partial charge in [-0.2, -0.15) is 0 Å². The third-order valence-electron chi connectivity index (χ3n) is 4.29. The fraction of sp³-hybridized carbons (Fsp3) is 0.238. The zero-order valence-electron chi connectivity index (χ0n) is 16.0. The van der Waals surface area contributed by atoms with Gasteiger partial charge in [-0.05, 0) is 30.7 Å². The second-order valence-electron chi connectivity index (χ2n) is 6.26. The first-order valence-corrected chi connectivity index (χ1v) is 9.11. The van der Waals surface area contributed by atoms with Crippen molar-refractivity contribution < 1.29 is 9.53 Å². The molecule has 0 aliphatic rings. The Morgan fingerprint density at radius 1 is 1.10 bits per heavy atom. The van der Waals surface area contributed by atoms with Crippen molar-refractivity contribution in [3.05, 3.63) is 48.8 Å². The molecule has 0 fully saturated rings. The van der Waals surface area contributed by atoms with E-state index in [-0.39, 0.29) is 19.8 Å². The number of rotatable bonds is 6. The molecular formula is C21H23N7O2. The highest BCUT2D eigenvalue weighted by Gasteiger charge is 2.16. The topological polar surface area (TPSA) is 119 Å². The lowest BCUT2D eigenvalue weighted by atomic mass is 10.0. The van der Waals surface area contributed by atoms with Gasteiger partial charge in [-0.25, -0.2) is 24.9 Å². The maximum Gasteiger partial charge on any atom is 0.316 e. The number of nitrogens with one attached hydrogen (secondary N) is 2. The molecule has 0 atom stereocenters. The second-order valence-corrected chi connectivity index (χ2v) is 6.26. The van der Waals surface area contributed by atoms with E-state index < -0.39 is 0 Å². The van der Waals surface area contributed by atoms with Crippen molar-refractivity contribution in [2.75, 3.05) is 13.7 Å². The Kier molecular flexibility index (Phi) is 6.31. The zero-order chi connectivity index (χ0) is 20.2. The molecule has 0 unspecified atom stereocenters. The van der Waals surface area contributed by atoms with Crippen molar-refractivity contribution in [3.8, 4) is 28.5 Å². The van der Waals surface area contributed by atoms with E-state index in [1.165, 1.54) is 7.11 Å². The summed E-state index contributed by atoms with van der Waals surface area (Å²) in [7, 11) is 1.52. The van der Waals surface area contributed by atoms with Crippen LogP contribution in [0.3, 0.4) is 0 Å². The van der Waals surface area contributed by atoms with Gasteiger partial charge in [0.15, 0.2) is 5.82 Å². The van der Waals surface area contributed by atoms with Gasteiger partial charge < -0.3 is 15.0 Å². The monoisotopic (exact) mass is 405 g/mol. The number of carbonyl (C=O) groups is 1. The Labute approximate surface area is 174 Å². The first kappa shape index (κ1) is 20.8. The van der Waals surface area contributed by atoms with E-state index in [0.717, 1.165) is 22.2 Å². The van der Waals surface area contributed by atoms with Gasteiger partial charge in [0.2, 0.25) is 5.91 Å². The minimum atomic E-state index is -0.0900. The Morgan fingerprint density at radius 2 is 1.83 bits per heavy atom. The summed E-state index contributed by atoms with van der Waals surface area (Å²) in [5, 5.41) is 2.78. The molecule has 30 heavy (non-hydrogen) atoms. The number of methoxy groups -OCH3 is 1. The zero-order valence-corrected chi connectivity index (χ0v) is 16.0. The molecule has 0 saturated heterocycles. The van der Waals surface area contributed by atoms with Crippen LogP contribution in [0.1, 0.15) is 20.2 Å². The van der Waals surface area contributed by atoms with Crippen LogP contribution in [0.5, 0.6) is 6.01 Å². The standard InChI is InChI=1S/C20H19N7O2.CH4/c1-3-21-17(28)9-16-26-15-8-12(13-10-24-20(29-2)25-11-13)7-14(18(15)27-16)19-22-5-4-6-23-19;/h4-8,10-11H,3,9H2,1-2H3,(H,21,28)(H,26,27);1H4. The van der Waals surface area contributed by atoms with Crippen LogP contribution in [0.25, 0.3) is 33.5 Å². The Morgan fingerprint density at radius 3 is 2.50 bits per heavy atom. The van der Waals surface area contributed by atoms with Crippen molar-refractivity contribution in [1.29, 1.82) is 0 Å². The molecule has 0 bridgehead atoms. The van der Waals surface area contributed by atoms with Crippen LogP contribution < -0.4 is 10.1 Å². The number of aromatic amines is 1. The van der Waals surface area contributed by atoms with E-state index in [1.807, 2.05) is 19.1 Å². The number of benzene rings is 1. The molecule has 4 rings (SSSR count). The summed E-state index contributed by atoms with van der Waals surface area (Å²) in [4.78, 5) is 36.9. The fourth-order valence-electron chi connectivity index (χ4n) is 3.01. The molecule has 2 N–H and O–H groups in total. The average Bonchev–Trinajstić information content (AvgIpc) is 3.16. The number of aromatic nitrogens is 6. The van der Waals surface area contributed by atoms with Crippen molar-refractivity contribution in [3.63, 3.8) is 0 Å². The minimum Gasteiger partial charge on any atom is -0.467 e. The van der Waals surface area contributed by atoms with E-state index in [2.05, 4.69) is 35.2 Å². The summed E-state index contributed by atoms with van der Waals surface area (Å²) < 4.78 is 5.03. The van der Waals surface area contributed by atoms with Crippen molar-refractivity contribution in [1.82, 2.24) is 35.2 Å². The number of H-pyrrole nitrogens is 1. The molecule has 3 heterocycles. The molecule has 0 radical (unpaired) electrons. The van der Waals surface area contributed by atoms with Gasteiger partial charge in [-0.1, -0.05) is 7.43 Å². The van der Waals surface area contributed by atoms with Gasteiger partial charge >= 0.3 is 6.01 Å². The molecule has 4 aromatic rings. The number of nitrogens with zero attached hydrogens (tertiary/aromatic N) is 5. The highest BCUT2D eigenvalue weighted by atomic mass is 16.5. The van der Waals surface area contributed by atoms with Crippen LogP contribution in [0, 0.1) is 0 Å². The molecular weight excluding hydrogens is 382 g/mol. The molecule has 1 aromatic carbocycles. The Hall–Kier alpha value is -3.88. The highest BCUT2D eigenvalue weighted by Crippen LogP contribution is 2.31. The number of carbonyl (C=O) groups excluding carboxylic acids is 1. The summed E-state index contributed by atoms with van der Waals surface area (Å²) in [5.41, 5.74) is 3.92. The molecule has 0 aliphatic heterocycles. The number of hydrogen-bond acceptors (Lipinski definition) is 7. The van der Waals surface area contributed by atoms with Gasteiger partial charge in [0.05, 0.1) is 24.6 Å². The molecule has 1 amide bonds. The first-order valence-electron chi connectivity index (χ1n) is 9.11. The third kappa shape index (κ3) is 4.24. The van der Waals surface area contributed by atoms with Crippen LogP contribution in [-0.4, -0.2) is 49.5 Å². The van der Waals surface area contributed by atoms with Gasteiger partial charge in [0, 0.05) is 42.5 Å². The average molecular weight is 405 g/mol. The smallest absolute Gasteiger partial charge is 0.316 e. The van der Waals surface area contributed by atoms with Crippen molar-refractivity contribution >= 4 is 16.9 Å². The molecule has 0 saturated carbocycles. The van der Waals surface area contributed by atoms with Crippen molar-refractivity contribution in [2.24, 2.45) is 0 Å². The maximum atomic E-state index is 12.0. The van der Waals surface area contributed by atoms with Crippen LogP contribution in [0.4, 0.5) is 0 Å². The molecule has 154 valence electrons. The molecule has 9 heteroatoms. The van der Waals surface area contributed by atoms with Gasteiger partial charge in [0.25, 0.3) is 0 Å². The summed E-state index contributed by atoms with van der Waals surface area (Å²) >= 11 is 0. The van der Waals surface area contributed by atoms with E-state index in [1.54, 1.807) is 30.9 Å². The van der Waals surface area contributed by atoms with Gasteiger partial charge in [0.1, 0.15) is 5.82 Å².